The maximum absolute atomic E-state index is 14.7. The van der Waals surface area contributed by atoms with Crippen LogP contribution >= 0.6 is 12.6 Å². The predicted molar refractivity (Wildman–Crippen MR) is 120 cm³/mol. The summed E-state index contributed by atoms with van der Waals surface area (Å²) in [7, 11) is 2.76. The summed E-state index contributed by atoms with van der Waals surface area (Å²) in [6, 6.07) is 4.59. The van der Waals surface area contributed by atoms with Gasteiger partial charge in [-0.25, -0.2) is 4.98 Å². The molecule has 0 bridgehead atoms. The number of amides is 1. The third-order valence-electron chi connectivity index (χ3n) is 5.83. The number of anilines is 4. The Bertz CT molecular complexity index is 1060. The highest BCUT2D eigenvalue weighted by atomic mass is 32.1. The van der Waals surface area contributed by atoms with Gasteiger partial charge in [-0.2, -0.15) is 13.8 Å². The van der Waals surface area contributed by atoms with Crippen LogP contribution in [0.5, 0.6) is 5.75 Å². The van der Waals surface area contributed by atoms with E-state index in [0.717, 1.165) is 30.6 Å². The first-order valence-electron chi connectivity index (χ1n) is 10.2. The normalized spacial score (nSPS) is 18.3. The van der Waals surface area contributed by atoms with E-state index >= 15 is 0 Å². The molecule has 170 valence electrons. The lowest BCUT2D eigenvalue weighted by atomic mass is 10.2. The molecule has 0 radical (unpaired) electrons. The molecule has 1 saturated carbocycles. The molecule has 0 atom stereocenters. The summed E-state index contributed by atoms with van der Waals surface area (Å²) in [5.41, 5.74) is 1.07. The molecule has 4 rings (SSSR count). The molecule has 2 aromatic rings. The van der Waals surface area contributed by atoms with Crippen LogP contribution in [0.25, 0.3) is 0 Å². The molecule has 1 amide bonds. The SMILES string of the molecule is COc1cc(C(=O)S)ccc1Nc1ncc2c(n1)N(C1CCCC1)CC(F)(F)C(=O)N2C. The third kappa shape index (κ3) is 4.08. The summed E-state index contributed by atoms with van der Waals surface area (Å²) < 4.78 is 34.7. The van der Waals surface area contributed by atoms with Gasteiger partial charge in [0.2, 0.25) is 11.1 Å². The van der Waals surface area contributed by atoms with Crippen molar-refractivity contribution in [1.82, 2.24) is 9.97 Å². The van der Waals surface area contributed by atoms with Crippen LogP contribution in [0.4, 0.5) is 31.9 Å². The minimum atomic E-state index is -3.54. The van der Waals surface area contributed by atoms with Gasteiger partial charge in [-0.15, -0.1) is 12.6 Å². The Morgan fingerprint density at radius 1 is 1.31 bits per heavy atom. The second-order valence-corrected chi connectivity index (χ2v) is 8.29. The maximum Gasteiger partial charge on any atom is 0.342 e. The zero-order valence-electron chi connectivity index (χ0n) is 17.6. The highest BCUT2D eigenvalue weighted by Gasteiger charge is 2.48. The van der Waals surface area contributed by atoms with Crippen LogP contribution in [0, 0.1) is 0 Å². The van der Waals surface area contributed by atoms with E-state index in [2.05, 4.69) is 27.9 Å². The highest BCUT2D eigenvalue weighted by Crippen LogP contribution is 2.40. The van der Waals surface area contributed by atoms with Crippen molar-refractivity contribution < 1.29 is 23.1 Å². The lowest BCUT2D eigenvalue weighted by Crippen LogP contribution is -2.48. The van der Waals surface area contributed by atoms with E-state index in [9.17, 15) is 18.4 Å². The number of nitrogens with one attached hydrogen (secondary N) is 1. The Kier molecular flexibility index (Phi) is 5.93. The third-order valence-corrected chi connectivity index (χ3v) is 6.09. The van der Waals surface area contributed by atoms with Gasteiger partial charge in [0, 0.05) is 18.7 Å². The van der Waals surface area contributed by atoms with E-state index in [1.165, 1.54) is 31.3 Å². The number of ether oxygens (including phenoxy) is 1. The lowest BCUT2D eigenvalue weighted by Gasteiger charge is -2.31. The Hall–Kier alpha value is -2.95. The Balaban J connectivity index is 1.74. The molecule has 0 saturated heterocycles. The molecular formula is C21H23F2N5O3S. The number of carbonyl (C=O) groups excluding carboxylic acids is 2. The minimum Gasteiger partial charge on any atom is -0.495 e. The van der Waals surface area contributed by atoms with Crippen molar-refractivity contribution in [2.24, 2.45) is 0 Å². The van der Waals surface area contributed by atoms with E-state index in [1.807, 2.05) is 0 Å². The molecule has 8 nitrogen and oxygen atoms in total. The number of hydrogen-bond acceptors (Lipinski definition) is 7. The summed E-state index contributed by atoms with van der Waals surface area (Å²) in [5, 5.41) is 2.61. The number of methoxy groups -OCH3 is 1. The zero-order chi connectivity index (χ0) is 23.0. The van der Waals surface area contributed by atoms with E-state index in [4.69, 9.17) is 4.74 Å². The second kappa shape index (κ2) is 8.53. The molecule has 1 aliphatic carbocycles. The minimum absolute atomic E-state index is 0.128. The zero-order valence-corrected chi connectivity index (χ0v) is 18.5. The first-order valence-corrected chi connectivity index (χ1v) is 10.6. The number of carbonyl (C=O) groups is 2. The standard InChI is InChI=1S/C21H23F2N5O3S/c1-27-15-10-24-20(25-14-8-7-12(18(29)32)9-16(14)31-2)26-17(15)28(13-5-3-4-6-13)11-21(22,23)19(27)30/h7-10,13H,3-6,11H2,1-2H3,(H,29,32)(H,24,25,26). The van der Waals surface area contributed by atoms with Gasteiger partial charge in [0.25, 0.3) is 5.91 Å². The number of benzene rings is 1. The van der Waals surface area contributed by atoms with E-state index in [-0.39, 0.29) is 23.5 Å². The topological polar surface area (TPSA) is 87.7 Å². The van der Waals surface area contributed by atoms with Gasteiger partial charge in [-0.05, 0) is 31.0 Å². The molecule has 1 aromatic heterocycles. The van der Waals surface area contributed by atoms with Crippen molar-refractivity contribution in [3.63, 3.8) is 0 Å². The van der Waals surface area contributed by atoms with Gasteiger partial charge in [-0.1, -0.05) is 12.8 Å². The fourth-order valence-electron chi connectivity index (χ4n) is 4.15. The quantitative estimate of drug-likeness (QED) is 0.655. The van der Waals surface area contributed by atoms with Crippen molar-refractivity contribution in [2.75, 3.05) is 35.8 Å². The number of nitrogens with zero attached hydrogens (tertiary/aromatic N) is 4. The molecule has 1 aliphatic heterocycles. The van der Waals surface area contributed by atoms with Crippen LogP contribution in [0.15, 0.2) is 24.4 Å². The van der Waals surface area contributed by atoms with Crippen molar-refractivity contribution in [1.29, 1.82) is 0 Å². The fraction of sp³-hybridized carbons (Fsp3) is 0.429. The van der Waals surface area contributed by atoms with Crippen molar-refractivity contribution in [3.8, 4) is 5.75 Å². The maximum atomic E-state index is 14.7. The summed E-state index contributed by atoms with van der Waals surface area (Å²) in [4.78, 5) is 35.1. The number of hydrogen-bond donors (Lipinski definition) is 2. The molecule has 1 aromatic carbocycles. The Morgan fingerprint density at radius 2 is 2.03 bits per heavy atom. The van der Waals surface area contributed by atoms with Crippen molar-refractivity contribution >= 4 is 46.8 Å². The van der Waals surface area contributed by atoms with Crippen LogP contribution in [0.2, 0.25) is 0 Å². The van der Waals surface area contributed by atoms with Gasteiger partial charge >= 0.3 is 5.92 Å². The van der Waals surface area contributed by atoms with E-state index in [1.54, 1.807) is 12.1 Å². The number of alkyl halides is 2. The van der Waals surface area contributed by atoms with Crippen LogP contribution in [-0.2, 0) is 4.79 Å². The molecule has 0 spiro atoms. The van der Waals surface area contributed by atoms with Gasteiger partial charge in [0.1, 0.15) is 11.4 Å². The van der Waals surface area contributed by atoms with E-state index in [0.29, 0.717) is 17.0 Å². The predicted octanol–water partition coefficient (Wildman–Crippen LogP) is 3.66. The van der Waals surface area contributed by atoms with Crippen LogP contribution in [0.1, 0.15) is 36.0 Å². The van der Waals surface area contributed by atoms with E-state index < -0.39 is 23.5 Å². The van der Waals surface area contributed by atoms with Gasteiger partial charge < -0.3 is 19.9 Å². The number of halogens is 2. The number of aromatic nitrogens is 2. The molecule has 1 fully saturated rings. The lowest BCUT2D eigenvalue weighted by molar-refractivity contribution is -0.140. The molecule has 32 heavy (non-hydrogen) atoms. The fourth-order valence-corrected chi connectivity index (χ4v) is 4.29. The molecule has 0 unspecified atom stereocenters. The van der Waals surface area contributed by atoms with Gasteiger partial charge in [-0.3, -0.25) is 9.59 Å². The van der Waals surface area contributed by atoms with Gasteiger partial charge in [0.15, 0.2) is 5.82 Å². The first kappa shape index (κ1) is 22.3. The summed E-state index contributed by atoms with van der Waals surface area (Å²) >= 11 is 3.82. The number of fused-ring (bicyclic) bond motifs is 1. The van der Waals surface area contributed by atoms with Crippen molar-refractivity contribution in [3.05, 3.63) is 30.0 Å². The van der Waals surface area contributed by atoms with Gasteiger partial charge in [0.05, 0.1) is 25.5 Å². The average Bonchev–Trinajstić information content (AvgIpc) is 3.29. The smallest absolute Gasteiger partial charge is 0.342 e. The van der Waals surface area contributed by atoms with Crippen LogP contribution < -0.4 is 19.9 Å². The summed E-state index contributed by atoms with van der Waals surface area (Å²) in [6.07, 6.45) is 4.76. The van der Waals surface area contributed by atoms with Crippen LogP contribution in [-0.4, -0.2) is 53.7 Å². The largest absolute Gasteiger partial charge is 0.495 e. The highest BCUT2D eigenvalue weighted by molar-refractivity contribution is 7.97. The molecular weight excluding hydrogens is 440 g/mol. The number of thiol groups is 1. The molecule has 2 aliphatic rings. The summed E-state index contributed by atoms with van der Waals surface area (Å²) in [5.74, 6) is -4.01. The summed E-state index contributed by atoms with van der Waals surface area (Å²) in [6.45, 7) is -0.730. The molecule has 11 heteroatoms. The first-order chi connectivity index (χ1) is 15.2. The van der Waals surface area contributed by atoms with Crippen molar-refractivity contribution in [2.45, 2.75) is 37.6 Å². The Labute approximate surface area is 189 Å². The number of rotatable bonds is 5. The second-order valence-electron chi connectivity index (χ2n) is 7.88. The average molecular weight is 464 g/mol. The monoisotopic (exact) mass is 463 g/mol. The Morgan fingerprint density at radius 3 is 2.69 bits per heavy atom. The van der Waals surface area contributed by atoms with Crippen LogP contribution in [0.3, 0.4) is 0 Å². The molecule has 1 N–H and O–H groups in total. The molecule has 2 heterocycles.